The molecule has 0 saturated heterocycles. The average Bonchev–Trinajstić information content (AvgIpc) is 2.90. The molecule has 6 heteroatoms. The Bertz CT molecular complexity index is 714. The number of amides is 2. The molecule has 0 fully saturated rings. The van der Waals surface area contributed by atoms with Crippen LogP contribution in [0.1, 0.15) is 49.7 Å². The Hall–Kier alpha value is -1.79. The molecule has 0 atom stereocenters. The first kappa shape index (κ1) is 17.0. The SMILES string of the molecule is CSc1ccc(C(=O)NNC(=O)c2cc3c(s2)CCCCC3)cc1. The first-order valence-corrected chi connectivity index (χ1v) is 10.1. The fraction of sp³-hybridized carbons (Fsp3) is 0.333. The van der Waals surface area contributed by atoms with Crippen LogP contribution in [0.2, 0.25) is 0 Å². The maximum atomic E-state index is 12.3. The second-order valence-corrected chi connectivity index (χ2v) is 7.77. The molecule has 0 radical (unpaired) electrons. The number of hydrazine groups is 1. The van der Waals surface area contributed by atoms with Gasteiger partial charge in [0.1, 0.15) is 0 Å². The van der Waals surface area contributed by atoms with Gasteiger partial charge in [-0.15, -0.1) is 23.1 Å². The van der Waals surface area contributed by atoms with Crippen molar-refractivity contribution < 1.29 is 9.59 Å². The van der Waals surface area contributed by atoms with E-state index in [9.17, 15) is 9.59 Å². The summed E-state index contributed by atoms with van der Waals surface area (Å²) in [7, 11) is 0. The summed E-state index contributed by atoms with van der Waals surface area (Å²) in [5.74, 6) is -0.559. The van der Waals surface area contributed by atoms with Gasteiger partial charge in [-0.25, -0.2) is 0 Å². The minimum atomic E-state index is -0.311. The lowest BCUT2D eigenvalue weighted by molar-refractivity contribution is 0.0849. The Balaban J connectivity index is 1.59. The number of thiophene rings is 1. The van der Waals surface area contributed by atoms with Crippen molar-refractivity contribution >= 4 is 34.9 Å². The van der Waals surface area contributed by atoms with E-state index in [1.165, 1.54) is 29.7 Å². The summed E-state index contributed by atoms with van der Waals surface area (Å²) in [4.78, 5) is 27.4. The van der Waals surface area contributed by atoms with E-state index in [2.05, 4.69) is 10.9 Å². The van der Waals surface area contributed by atoms with Crippen LogP contribution in [-0.4, -0.2) is 18.1 Å². The van der Waals surface area contributed by atoms with Crippen molar-refractivity contribution in [2.45, 2.75) is 37.0 Å². The van der Waals surface area contributed by atoms with Gasteiger partial charge in [0.25, 0.3) is 11.8 Å². The molecule has 126 valence electrons. The van der Waals surface area contributed by atoms with E-state index in [0.29, 0.717) is 10.4 Å². The number of rotatable bonds is 3. The van der Waals surface area contributed by atoms with Gasteiger partial charge in [0.15, 0.2) is 0 Å². The molecule has 1 heterocycles. The quantitative estimate of drug-likeness (QED) is 0.497. The summed E-state index contributed by atoms with van der Waals surface area (Å²) in [6.45, 7) is 0. The second-order valence-electron chi connectivity index (χ2n) is 5.76. The Morgan fingerprint density at radius 2 is 1.71 bits per heavy atom. The molecule has 24 heavy (non-hydrogen) atoms. The summed E-state index contributed by atoms with van der Waals surface area (Å²) in [5, 5.41) is 0. The van der Waals surface area contributed by atoms with Gasteiger partial charge in [-0.3, -0.25) is 20.4 Å². The lowest BCUT2D eigenvalue weighted by Crippen LogP contribution is -2.41. The van der Waals surface area contributed by atoms with Crippen LogP contribution in [0.3, 0.4) is 0 Å². The third-order valence-corrected chi connectivity index (χ3v) is 6.09. The Kier molecular flexibility index (Phi) is 5.58. The predicted molar refractivity (Wildman–Crippen MR) is 98.7 cm³/mol. The van der Waals surface area contributed by atoms with Gasteiger partial charge in [0, 0.05) is 15.3 Å². The second kappa shape index (κ2) is 7.85. The topological polar surface area (TPSA) is 58.2 Å². The highest BCUT2D eigenvalue weighted by molar-refractivity contribution is 7.98. The van der Waals surface area contributed by atoms with Gasteiger partial charge >= 0.3 is 0 Å². The number of carbonyl (C=O) groups is 2. The molecule has 1 aliphatic carbocycles. The fourth-order valence-corrected chi connectivity index (χ4v) is 4.33. The molecule has 2 N–H and O–H groups in total. The van der Waals surface area contributed by atoms with Gasteiger partial charge in [-0.1, -0.05) is 6.42 Å². The number of benzene rings is 1. The van der Waals surface area contributed by atoms with Crippen LogP contribution in [0.4, 0.5) is 0 Å². The third kappa shape index (κ3) is 3.99. The summed E-state index contributed by atoms with van der Waals surface area (Å²) < 4.78 is 0. The van der Waals surface area contributed by atoms with Crippen molar-refractivity contribution in [3.8, 4) is 0 Å². The minimum absolute atomic E-state index is 0.248. The van der Waals surface area contributed by atoms with Crippen LogP contribution in [-0.2, 0) is 12.8 Å². The molecule has 1 aromatic carbocycles. The standard InChI is InChI=1S/C18H20N2O2S2/c1-23-14-9-7-12(8-10-14)17(21)19-20-18(22)16-11-13-5-3-2-4-6-15(13)24-16/h7-11H,2-6H2,1H3,(H,19,21)(H,20,22). The van der Waals surface area contributed by atoms with Crippen LogP contribution in [0.25, 0.3) is 0 Å². The van der Waals surface area contributed by atoms with Gasteiger partial charge in [0.2, 0.25) is 0 Å². The number of carbonyl (C=O) groups excluding carboxylic acids is 2. The zero-order valence-electron chi connectivity index (χ0n) is 13.6. The smallest absolute Gasteiger partial charge is 0.267 e. The number of aryl methyl sites for hydroxylation is 2. The molecule has 1 aliphatic rings. The first-order valence-electron chi connectivity index (χ1n) is 8.03. The van der Waals surface area contributed by atoms with Crippen LogP contribution < -0.4 is 10.9 Å². The molecule has 0 saturated carbocycles. The first-order chi connectivity index (χ1) is 11.7. The molecule has 3 rings (SSSR count). The lowest BCUT2D eigenvalue weighted by atomic mass is 10.1. The van der Waals surface area contributed by atoms with Crippen molar-refractivity contribution in [3.05, 3.63) is 51.2 Å². The van der Waals surface area contributed by atoms with Crippen LogP contribution in [0.5, 0.6) is 0 Å². The van der Waals surface area contributed by atoms with Crippen LogP contribution in [0, 0.1) is 0 Å². The van der Waals surface area contributed by atoms with E-state index in [0.717, 1.165) is 17.7 Å². The molecule has 0 spiro atoms. The lowest BCUT2D eigenvalue weighted by Gasteiger charge is -2.06. The maximum Gasteiger partial charge on any atom is 0.279 e. The number of thioether (sulfide) groups is 1. The minimum Gasteiger partial charge on any atom is -0.267 e. The van der Waals surface area contributed by atoms with Crippen LogP contribution >= 0.6 is 23.1 Å². The van der Waals surface area contributed by atoms with Crippen molar-refractivity contribution in [1.82, 2.24) is 10.9 Å². The Labute approximate surface area is 150 Å². The Morgan fingerprint density at radius 3 is 2.46 bits per heavy atom. The van der Waals surface area contributed by atoms with E-state index in [-0.39, 0.29) is 11.8 Å². The number of hydrogen-bond acceptors (Lipinski definition) is 4. The van der Waals surface area contributed by atoms with Gasteiger partial charge < -0.3 is 0 Å². The van der Waals surface area contributed by atoms with E-state index in [1.54, 1.807) is 35.2 Å². The third-order valence-electron chi connectivity index (χ3n) is 4.11. The highest BCUT2D eigenvalue weighted by Crippen LogP contribution is 2.28. The normalized spacial score (nSPS) is 13.7. The molecule has 0 bridgehead atoms. The van der Waals surface area contributed by atoms with E-state index < -0.39 is 0 Å². The molecule has 2 amide bonds. The molecule has 2 aromatic rings. The summed E-state index contributed by atoms with van der Waals surface area (Å²) in [6.07, 6.45) is 7.73. The van der Waals surface area contributed by atoms with Gasteiger partial charge in [-0.05, 0) is 67.8 Å². The number of fused-ring (bicyclic) bond motifs is 1. The summed E-state index contributed by atoms with van der Waals surface area (Å²) >= 11 is 3.16. The van der Waals surface area contributed by atoms with E-state index in [4.69, 9.17) is 0 Å². The molecule has 0 aliphatic heterocycles. The molecule has 4 nitrogen and oxygen atoms in total. The zero-order valence-corrected chi connectivity index (χ0v) is 15.2. The molecule has 1 aromatic heterocycles. The highest BCUT2D eigenvalue weighted by Gasteiger charge is 2.17. The van der Waals surface area contributed by atoms with E-state index in [1.807, 2.05) is 24.5 Å². The number of hydrogen-bond donors (Lipinski definition) is 2. The molecular formula is C18H20N2O2S2. The Morgan fingerprint density at radius 1 is 1.00 bits per heavy atom. The predicted octanol–water partition coefficient (Wildman–Crippen LogP) is 3.81. The van der Waals surface area contributed by atoms with Crippen molar-refractivity contribution in [2.75, 3.05) is 6.26 Å². The van der Waals surface area contributed by atoms with Crippen molar-refractivity contribution in [1.29, 1.82) is 0 Å². The summed E-state index contributed by atoms with van der Waals surface area (Å²) in [6, 6.07) is 9.25. The fourth-order valence-electron chi connectivity index (χ4n) is 2.77. The van der Waals surface area contributed by atoms with Crippen molar-refractivity contribution in [2.24, 2.45) is 0 Å². The highest BCUT2D eigenvalue weighted by atomic mass is 32.2. The van der Waals surface area contributed by atoms with Gasteiger partial charge in [-0.2, -0.15) is 0 Å². The maximum absolute atomic E-state index is 12.3. The van der Waals surface area contributed by atoms with Gasteiger partial charge in [0.05, 0.1) is 4.88 Å². The number of nitrogens with one attached hydrogen (secondary N) is 2. The zero-order chi connectivity index (χ0) is 16.9. The molecule has 0 unspecified atom stereocenters. The van der Waals surface area contributed by atoms with Crippen LogP contribution in [0.15, 0.2) is 35.2 Å². The monoisotopic (exact) mass is 360 g/mol. The largest absolute Gasteiger partial charge is 0.279 e. The van der Waals surface area contributed by atoms with E-state index >= 15 is 0 Å². The average molecular weight is 361 g/mol. The molecular weight excluding hydrogens is 340 g/mol. The van der Waals surface area contributed by atoms with Crippen molar-refractivity contribution in [3.63, 3.8) is 0 Å². The summed E-state index contributed by atoms with van der Waals surface area (Å²) in [5.41, 5.74) is 6.82.